The molecule has 3 heterocycles. The molecule has 0 saturated carbocycles. The van der Waals surface area contributed by atoms with Crippen molar-refractivity contribution in [3.8, 4) is 5.75 Å². The molecule has 0 radical (unpaired) electrons. The lowest BCUT2D eigenvalue weighted by Gasteiger charge is -2.35. The molecule has 2 aromatic carbocycles. The Balaban J connectivity index is 1.61. The van der Waals surface area contributed by atoms with Gasteiger partial charge in [-0.25, -0.2) is 15.4 Å². The molecule has 0 bridgehead atoms. The maximum absolute atomic E-state index is 14.1. The zero-order valence-electron chi connectivity index (χ0n) is 19.1. The molecule has 5 rings (SSSR count). The van der Waals surface area contributed by atoms with Crippen molar-refractivity contribution in [3.05, 3.63) is 65.7 Å². The van der Waals surface area contributed by atoms with Crippen LogP contribution in [0.3, 0.4) is 0 Å². The van der Waals surface area contributed by atoms with Crippen LogP contribution in [-0.2, 0) is 9.53 Å². The van der Waals surface area contributed by atoms with Gasteiger partial charge < -0.3 is 24.3 Å². The van der Waals surface area contributed by atoms with E-state index < -0.39 is 30.2 Å². The first-order valence-electron chi connectivity index (χ1n) is 11.2. The number of benzene rings is 2. The Morgan fingerprint density at radius 3 is 2.64 bits per heavy atom. The molecule has 190 valence electrons. The summed E-state index contributed by atoms with van der Waals surface area (Å²) < 4.78 is 58.9. The van der Waals surface area contributed by atoms with Crippen LogP contribution in [0.2, 0.25) is 0 Å². The lowest BCUT2D eigenvalue weighted by Crippen LogP contribution is -2.55. The number of hydrogen-bond donors (Lipinski definition) is 3. The number of ether oxygens (including phenoxy) is 2. The number of aromatic nitrogens is 1. The molecule has 2 aliphatic heterocycles. The number of rotatable bonds is 7. The average Bonchev–Trinajstić information content (AvgIpc) is 3.46. The Labute approximate surface area is 203 Å². The number of methoxy groups -OCH3 is 1. The zero-order valence-corrected chi connectivity index (χ0v) is 19.1. The minimum atomic E-state index is -4.64. The molecule has 3 aromatic rings. The van der Waals surface area contributed by atoms with Gasteiger partial charge in [-0.15, -0.1) is 0 Å². The second-order valence-electron chi connectivity index (χ2n) is 8.30. The summed E-state index contributed by atoms with van der Waals surface area (Å²) >= 11 is 0. The molecular weight excluding hydrogens is 481 g/mol. The molecule has 3 N–H and O–H groups in total. The highest BCUT2D eigenvalue weighted by atomic mass is 19.4. The van der Waals surface area contributed by atoms with E-state index in [2.05, 4.69) is 15.7 Å². The Morgan fingerprint density at radius 1 is 1.17 bits per heavy atom. The lowest BCUT2D eigenvalue weighted by molar-refractivity contribution is -0.161. The average molecular weight is 504 g/mol. The minimum Gasteiger partial charge on any atom is -0.494 e. The maximum Gasteiger partial charge on any atom is 0.406 e. The van der Waals surface area contributed by atoms with Crippen molar-refractivity contribution in [3.63, 3.8) is 0 Å². The summed E-state index contributed by atoms with van der Waals surface area (Å²) in [5.41, 5.74) is 3.59. The summed E-state index contributed by atoms with van der Waals surface area (Å²) in [5.74, 6) is -1.58. The second-order valence-corrected chi connectivity index (χ2v) is 8.30. The predicted molar refractivity (Wildman–Crippen MR) is 121 cm³/mol. The number of hydrogen-bond acceptors (Lipinski definition) is 8. The Hall–Kier alpha value is -3.61. The number of nitrogens with one attached hydrogen (secondary N) is 2. The molecule has 1 amide bonds. The van der Waals surface area contributed by atoms with Crippen LogP contribution in [0.25, 0.3) is 16.7 Å². The normalized spacial score (nSPS) is 22.2. The van der Waals surface area contributed by atoms with E-state index in [9.17, 15) is 18.0 Å². The Kier molecular flexibility index (Phi) is 6.33. The van der Waals surface area contributed by atoms with Crippen molar-refractivity contribution in [1.29, 1.82) is 0 Å². The third kappa shape index (κ3) is 4.16. The highest BCUT2D eigenvalue weighted by molar-refractivity contribution is 6.20. The van der Waals surface area contributed by atoms with E-state index in [0.717, 1.165) is 5.01 Å². The molecular formula is C24H23F3N4O5. The van der Waals surface area contributed by atoms with Gasteiger partial charge in [-0.3, -0.25) is 4.79 Å². The first kappa shape index (κ1) is 24.1. The van der Waals surface area contributed by atoms with Crippen LogP contribution >= 0.6 is 0 Å². The standard InChI is InChI=1S/C24H23F3N4O5/c1-34-15-8-5-9-16-19(15)29-22(36-16)18-14(12-35-11-10-32)28-21-17(13-6-3-2-4-7-13)20(24(25,26)27)30-31(21)23(18)33/h2-9,17,20-21,28,30,32H,10-12H2,1H3. The van der Waals surface area contributed by atoms with Gasteiger partial charge in [0.15, 0.2) is 11.1 Å². The van der Waals surface area contributed by atoms with Gasteiger partial charge in [0, 0.05) is 0 Å². The fourth-order valence-corrected chi connectivity index (χ4v) is 4.59. The highest BCUT2D eigenvalue weighted by Crippen LogP contribution is 2.43. The largest absolute Gasteiger partial charge is 0.494 e. The number of alkyl halides is 3. The fourth-order valence-electron chi connectivity index (χ4n) is 4.59. The third-order valence-electron chi connectivity index (χ3n) is 6.15. The number of oxazole rings is 1. The molecule has 3 unspecified atom stereocenters. The topological polar surface area (TPSA) is 109 Å². The third-order valence-corrected chi connectivity index (χ3v) is 6.15. The molecule has 0 spiro atoms. The number of carbonyl (C=O) groups excluding carboxylic acids is 1. The number of para-hydroxylation sites is 1. The molecule has 36 heavy (non-hydrogen) atoms. The van der Waals surface area contributed by atoms with Crippen LogP contribution in [0.5, 0.6) is 5.75 Å². The van der Waals surface area contributed by atoms with Gasteiger partial charge in [0.1, 0.15) is 23.5 Å². The number of amides is 1. The number of hydrazine groups is 1. The van der Waals surface area contributed by atoms with Gasteiger partial charge in [0.05, 0.1) is 38.5 Å². The van der Waals surface area contributed by atoms with E-state index in [1.807, 2.05) is 0 Å². The number of nitrogens with zero attached hydrogens (tertiary/aromatic N) is 2. The van der Waals surface area contributed by atoms with Crippen molar-refractivity contribution in [2.45, 2.75) is 24.3 Å². The number of fused-ring (bicyclic) bond motifs is 2. The van der Waals surface area contributed by atoms with Gasteiger partial charge in [-0.2, -0.15) is 13.2 Å². The number of carbonyl (C=O) groups is 1. The van der Waals surface area contributed by atoms with E-state index in [1.54, 1.807) is 48.5 Å². The number of aliphatic hydroxyl groups excluding tert-OH is 1. The van der Waals surface area contributed by atoms with Crippen LogP contribution in [-0.4, -0.2) is 66.3 Å². The molecule has 1 fully saturated rings. The SMILES string of the molecule is COc1cccc2oc(C3=C(COCCO)NC4C(c5ccccc5)C(C(F)(F)F)NN4C3=O)nc12. The molecule has 2 aliphatic rings. The van der Waals surface area contributed by atoms with Gasteiger partial charge in [0.2, 0.25) is 5.89 Å². The zero-order chi connectivity index (χ0) is 25.4. The van der Waals surface area contributed by atoms with Gasteiger partial charge in [-0.05, 0) is 17.7 Å². The van der Waals surface area contributed by atoms with Crippen molar-refractivity contribution < 1.29 is 37.0 Å². The first-order valence-corrected chi connectivity index (χ1v) is 11.2. The first-order chi connectivity index (χ1) is 17.3. The predicted octanol–water partition coefficient (Wildman–Crippen LogP) is 2.55. The van der Waals surface area contributed by atoms with Crippen molar-refractivity contribution >= 4 is 22.6 Å². The van der Waals surface area contributed by atoms with Crippen LogP contribution < -0.4 is 15.5 Å². The molecule has 1 aromatic heterocycles. The highest BCUT2D eigenvalue weighted by Gasteiger charge is 2.58. The van der Waals surface area contributed by atoms with Crippen LogP contribution in [0.15, 0.2) is 58.6 Å². The van der Waals surface area contributed by atoms with E-state index >= 15 is 0 Å². The molecule has 1 saturated heterocycles. The fraction of sp³-hybridized carbons (Fsp3) is 0.333. The second kappa shape index (κ2) is 9.45. The van der Waals surface area contributed by atoms with E-state index in [1.165, 1.54) is 7.11 Å². The summed E-state index contributed by atoms with van der Waals surface area (Å²) in [6, 6.07) is 11.2. The molecule has 9 nitrogen and oxygen atoms in total. The lowest BCUT2D eigenvalue weighted by atomic mass is 9.89. The van der Waals surface area contributed by atoms with Gasteiger partial charge in [0.25, 0.3) is 5.91 Å². The van der Waals surface area contributed by atoms with E-state index in [-0.39, 0.29) is 37.0 Å². The molecule has 3 atom stereocenters. The molecule has 12 heteroatoms. The summed E-state index contributed by atoms with van der Waals surface area (Å²) in [7, 11) is 1.46. The van der Waals surface area contributed by atoms with Crippen molar-refractivity contribution in [2.75, 3.05) is 26.9 Å². The van der Waals surface area contributed by atoms with Crippen LogP contribution in [0, 0.1) is 0 Å². The van der Waals surface area contributed by atoms with E-state index in [0.29, 0.717) is 22.4 Å². The summed E-state index contributed by atoms with van der Waals surface area (Å²) in [4.78, 5) is 18.1. The monoisotopic (exact) mass is 504 g/mol. The van der Waals surface area contributed by atoms with Gasteiger partial charge >= 0.3 is 6.18 Å². The molecule has 0 aliphatic carbocycles. The Morgan fingerprint density at radius 2 is 1.94 bits per heavy atom. The number of aliphatic hydroxyl groups is 1. The summed E-state index contributed by atoms with van der Waals surface area (Å²) in [5, 5.41) is 13.1. The van der Waals surface area contributed by atoms with Crippen molar-refractivity contribution in [1.82, 2.24) is 20.7 Å². The van der Waals surface area contributed by atoms with Gasteiger partial charge in [-0.1, -0.05) is 36.4 Å². The minimum absolute atomic E-state index is 0.0338. The smallest absolute Gasteiger partial charge is 0.406 e. The summed E-state index contributed by atoms with van der Waals surface area (Å²) in [6.07, 6.45) is -5.71. The maximum atomic E-state index is 14.1. The van der Waals surface area contributed by atoms with Crippen LogP contribution in [0.4, 0.5) is 13.2 Å². The number of halogens is 3. The van der Waals surface area contributed by atoms with Crippen LogP contribution in [0.1, 0.15) is 17.4 Å². The quantitative estimate of drug-likeness (QED) is 0.422. The summed E-state index contributed by atoms with van der Waals surface area (Å²) in [6.45, 7) is -0.482. The Bertz CT molecular complexity index is 1290. The van der Waals surface area contributed by atoms with E-state index in [4.69, 9.17) is 19.0 Å². The van der Waals surface area contributed by atoms with Crippen molar-refractivity contribution in [2.24, 2.45) is 0 Å².